The maximum atomic E-state index is 12.3. The third kappa shape index (κ3) is 28.9. The van der Waals surface area contributed by atoms with E-state index >= 15 is 0 Å². The molecule has 40 heavy (non-hydrogen) atoms. The van der Waals surface area contributed by atoms with Crippen molar-refractivity contribution in [2.24, 2.45) is 0 Å². The summed E-state index contributed by atoms with van der Waals surface area (Å²) in [5, 5.41) is 23.0. The summed E-state index contributed by atoms with van der Waals surface area (Å²) in [6.45, 7) is 4.35. The molecule has 1 amide bonds. The molecule has 0 heterocycles. The van der Waals surface area contributed by atoms with Crippen LogP contribution < -0.4 is 5.32 Å². The van der Waals surface area contributed by atoms with Gasteiger partial charge in [0, 0.05) is 6.42 Å². The number of carbonyl (C=O) groups excluding carboxylic acids is 1. The standard InChI is InChI=1S/C36H73NO3/c1-3-5-7-9-11-13-15-16-17-18-19-20-22-24-26-28-30-32-36(40)37-34(33-38)35(39)31-29-27-25-23-21-14-12-10-8-6-4-2/h34-35,38-39H,3-33H2,1-2H3,(H,37,40). The molecule has 0 aromatic heterocycles. The smallest absolute Gasteiger partial charge is 0.220 e. The summed E-state index contributed by atoms with van der Waals surface area (Å²) in [6.07, 6.45) is 37.2. The Balaban J connectivity index is 3.50. The average molecular weight is 568 g/mol. The zero-order valence-electron chi connectivity index (χ0n) is 27.4. The highest BCUT2D eigenvalue weighted by atomic mass is 16.3. The van der Waals surface area contributed by atoms with E-state index in [-0.39, 0.29) is 12.5 Å². The Morgan fingerprint density at radius 1 is 0.500 bits per heavy atom. The molecule has 4 nitrogen and oxygen atoms in total. The summed E-state index contributed by atoms with van der Waals surface area (Å²) in [4.78, 5) is 12.3. The number of aliphatic hydroxyl groups excluding tert-OH is 2. The Bertz CT molecular complexity index is 498. The molecule has 2 unspecified atom stereocenters. The van der Waals surface area contributed by atoms with Gasteiger partial charge in [0.1, 0.15) is 0 Å². The van der Waals surface area contributed by atoms with Crippen molar-refractivity contribution in [1.82, 2.24) is 5.32 Å². The largest absolute Gasteiger partial charge is 0.394 e. The fourth-order valence-corrected chi connectivity index (χ4v) is 5.77. The van der Waals surface area contributed by atoms with Crippen LogP contribution in [0.2, 0.25) is 0 Å². The molecule has 0 aliphatic rings. The van der Waals surface area contributed by atoms with Gasteiger partial charge in [-0.1, -0.05) is 187 Å². The van der Waals surface area contributed by atoms with Gasteiger partial charge in [0.05, 0.1) is 18.8 Å². The first-order valence-electron chi connectivity index (χ1n) is 18.2. The van der Waals surface area contributed by atoms with E-state index in [1.54, 1.807) is 0 Å². The van der Waals surface area contributed by atoms with Crippen molar-refractivity contribution in [3.63, 3.8) is 0 Å². The monoisotopic (exact) mass is 568 g/mol. The van der Waals surface area contributed by atoms with E-state index in [0.717, 1.165) is 25.7 Å². The number of hydrogen-bond acceptors (Lipinski definition) is 3. The highest BCUT2D eigenvalue weighted by Crippen LogP contribution is 2.15. The lowest BCUT2D eigenvalue weighted by Crippen LogP contribution is -2.45. The van der Waals surface area contributed by atoms with Crippen LogP contribution in [0.15, 0.2) is 0 Å². The lowest BCUT2D eigenvalue weighted by molar-refractivity contribution is -0.123. The zero-order valence-corrected chi connectivity index (χ0v) is 27.4. The van der Waals surface area contributed by atoms with Gasteiger partial charge in [-0.3, -0.25) is 4.79 Å². The van der Waals surface area contributed by atoms with Crippen LogP contribution in [-0.4, -0.2) is 34.9 Å². The molecule has 0 radical (unpaired) electrons. The van der Waals surface area contributed by atoms with E-state index in [9.17, 15) is 15.0 Å². The van der Waals surface area contributed by atoms with Gasteiger partial charge in [-0.05, 0) is 12.8 Å². The maximum Gasteiger partial charge on any atom is 0.220 e. The van der Waals surface area contributed by atoms with Gasteiger partial charge < -0.3 is 15.5 Å². The molecule has 0 aromatic rings. The second-order valence-corrected chi connectivity index (χ2v) is 12.7. The molecular weight excluding hydrogens is 494 g/mol. The van der Waals surface area contributed by atoms with Crippen molar-refractivity contribution in [3.8, 4) is 0 Å². The van der Waals surface area contributed by atoms with Crippen LogP contribution in [0.3, 0.4) is 0 Å². The Labute approximate surface area is 251 Å². The topological polar surface area (TPSA) is 69.6 Å². The van der Waals surface area contributed by atoms with Gasteiger partial charge >= 0.3 is 0 Å². The SMILES string of the molecule is CCCCCCCCCCCCCCCCCCCC(=O)NC(CO)C(O)CCCCCCCCCCCCC. The number of aliphatic hydroxyl groups is 2. The van der Waals surface area contributed by atoms with Crippen molar-refractivity contribution < 1.29 is 15.0 Å². The molecule has 0 aliphatic carbocycles. The second-order valence-electron chi connectivity index (χ2n) is 12.7. The van der Waals surface area contributed by atoms with Crippen molar-refractivity contribution in [3.05, 3.63) is 0 Å². The number of rotatable bonds is 33. The van der Waals surface area contributed by atoms with Crippen LogP contribution in [0.25, 0.3) is 0 Å². The molecule has 240 valence electrons. The number of nitrogens with one attached hydrogen (secondary N) is 1. The lowest BCUT2D eigenvalue weighted by atomic mass is 10.0. The average Bonchev–Trinajstić information content (AvgIpc) is 2.96. The van der Waals surface area contributed by atoms with Gasteiger partial charge in [-0.2, -0.15) is 0 Å². The minimum Gasteiger partial charge on any atom is -0.394 e. The van der Waals surface area contributed by atoms with Crippen LogP contribution in [-0.2, 0) is 4.79 Å². The molecule has 0 saturated heterocycles. The molecular formula is C36H73NO3. The summed E-state index contributed by atoms with van der Waals surface area (Å²) in [6, 6.07) is -0.526. The van der Waals surface area contributed by atoms with E-state index < -0.39 is 12.1 Å². The molecule has 0 aromatic carbocycles. The van der Waals surface area contributed by atoms with E-state index in [0.29, 0.717) is 12.8 Å². The normalized spacial score (nSPS) is 13.0. The fraction of sp³-hybridized carbons (Fsp3) is 0.972. The number of amides is 1. The Hall–Kier alpha value is -0.610. The minimum atomic E-state index is -0.650. The van der Waals surface area contributed by atoms with E-state index in [2.05, 4.69) is 19.2 Å². The third-order valence-electron chi connectivity index (χ3n) is 8.62. The van der Waals surface area contributed by atoms with Crippen LogP contribution in [0.1, 0.15) is 206 Å². The second kappa shape index (κ2) is 32.9. The van der Waals surface area contributed by atoms with E-state index in [1.807, 2.05) is 0 Å². The molecule has 0 saturated carbocycles. The number of unbranched alkanes of at least 4 members (excludes halogenated alkanes) is 26. The summed E-state index contributed by atoms with van der Waals surface area (Å²) in [5.74, 6) is -0.0296. The highest BCUT2D eigenvalue weighted by Gasteiger charge is 2.19. The van der Waals surface area contributed by atoms with Crippen LogP contribution in [0.4, 0.5) is 0 Å². The summed E-state index contributed by atoms with van der Waals surface area (Å²) < 4.78 is 0. The maximum absolute atomic E-state index is 12.3. The Morgan fingerprint density at radius 2 is 0.800 bits per heavy atom. The first-order valence-corrected chi connectivity index (χ1v) is 18.2. The zero-order chi connectivity index (χ0) is 29.4. The third-order valence-corrected chi connectivity index (χ3v) is 8.62. The molecule has 0 rings (SSSR count). The minimum absolute atomic E-state index is 0.0296. The predicted molar refractivity (Wildman–Crippen MR) is 175 cm³/mol. The van der Waals surface area contributed by atoms with Crippen molar-refractivity contribution in [2.75, 3.05) is 6.61 Å². The first kappa shape index (κ1) is 39.4. The molecule has 0 spiro atoms. The first-order chi connectivity index (χ1) is 19.7. The van der Waals surface area contributed by atoms with Crippen molar-refractivity contribution >= 4 is 5.91 Å². The number of hydrogen-bond donors (Lipinski definition) is 3. The highest BCUT2D eigenvalue weighted by molar-refractivity contribution is 5.76. The molecule has 3 N–H and O–H groups in total. The van der Waals surface area contributed by atoms with Crippen molar-refractivity contribution in [1.29, 1.82) is 0 Å². The number of carbonyl (C=O) groups is 1. The lowest BCUT2D eigenvalue weighted by Gasteiger charge is -2.22. The van der Waals surface area contributed by atoms with Crippen LogP contribution in [0, 0.1) is 0 Å². The Morgan fingerprint density at radius 3 is 1.12 bits per heavy atom. The molecule has 0 aliphatic heterocycles. The van der Waals surface area contributed by atoms with Gasteiger partial charge in [-0.25, -0.2) is 0 Å². The van der Waals surface area contributed by atoms with Crippen LogP contribution >= 0.6 is 0 Å². The predicted octanol–water partition coefficient (Wildman–Crippen LogP) is 10.6. The van der Waals surface area contributed by atoms with Gasteiger partial charge in [0.25, 0.3) is 0 Å². The van der Waals surface area contributed by atoms with Gasteiger partial charge in [0.15, 0.2) is 0 Å². The molecule has 0 fully saturated rings. The molecule has 4 heteroatoms. The summed E-state index contributed by atoms with van der Waals surface area (Å²) in [7, 11) is 0. The van der Waals surface area contributed by atoms with Gasteiger partial charge in [-0.15, -0.1) is 0 Å². The molecule has 2 atom stereocenters. The fourth-order valence-electron chi connectivity index (χ4n) is 5.77. The Kier molecular flexibility index (Phi) is 32.4. The molecule has 0 bridgehead atoms. The summed E-state index contributed by atoms with van der Waals surface area (Å²) in [5.41, 5.74) is 0. The quantitative estimate of drug-likeness (QED) is 0.0691. The van der Waals surface area contributed by atoms with Gasteiger partial charge in [0.2, 0.25) is 5.91 Å². The summed E-state index contributed by atoms with van der Waals surface area (Å²) >= 11 is 0. The van der Waals surface area contributed by atoms with Crippen molar-refractivity contribution in [2.45, 2.75) is 219 Å². The van der Waals surface area contributed by atoms with E-state index in [1.165, 1.54) is 154 Å². The van der Waals surface area contributed by atoms with E-state index in [4.69, 9.17) is 0 Å². The van der Waals surface area contributed by atoms with Crippen LogP contribution in [0.5, 0.6) is 0 Å².